The number of nitrogens with zero attached hydrogens (tertiary/aromatic N) is 1. The molecule has 2 atom stereocenters. The number of carbonyl (C=O) groups is 1. The first-order chi connectivity index (χ1) is 4.60. The lowest BCUT2D eigenvalue weighted by Gasteiger charge is -2.25. The van der Waals surface area contributed by atoms with Crippen molar-refractivity contribution in [1.29, 1.82) is 0 Å². The molecular weight excluding hydrogens is 198 g/mol. The van der Waals surface area contributed by atoms with E-state index in [4.69, 9.17) is 5.11 Å². The van der Waals surface area contributed by atoms with Gasteiger partial charge in [-0.25, -0.2) is 0 Å². The second-order valence-electron chi connectivity index (χ2n) is 2.23. The van der Waals surface area contributed by atoms with Crippen LogP contribution in [0.3, 0.4) is 0 Å². The van der Waals surface area contributed by atoms with E-state index in [2.05, 4.69) is 15.9 Å². The molecule has 0 amide bonds. The molecule has 3 nitrogen and oxygen atoms in total. The largest absolute Gasteiger partial charge is 0.375 e. The van der Waals surface area contributed by atoms with Gasteiger partial charge in [0.05, 0.1) is 0 Å². The van der Waals surface area contributed by atoms with Crippen LogP contribution in [0.25, 0.3) is 0 Å². The van der Waals surface area contributed by atoms with Crippen molar-refractivity contribution in [3.05, 3.63) is 12.2 Å². The topological polar surface area (TPSA) is 40.5 Å². The van der Waals surface area contributed by atoms with Gasteiger partial charge in [0.25, 0.3) is 0 Å². The number of alkyl halides is 1. The summed E-state index contributed by atoms with van der Waals surface area (Å²) >= 11 is 3.16. The molecule has 0 saturated heterocycles. The Morgan fingerprint density at radius 1 is 1.90 bits per heavy atom. The Bertz CT molecular complexity index is 183. The van der Waals surface area contributed by atoms with Crippen molar-refractivity contribution in [2.24, 2.45) is 0 Å². The highest BCUT2D eigenvalue weighted by atomic mass is 79.9. The molecule has 4 heteroatoms. The van der Waals surface area contributed by atoms with Gasteiger partial charge in [-0.1, -0.05) is 15.9 Å². The van der Waals surface area contributed by atoms with Crippen LogP contribution in [0.2, 0.25) is 0 Å². The van der Waals surface area contributed by atoms with E-state index in [1.165, 1.54) is 4.90 Å². The molecule has 2 unspecified atom stereocenters. The summed E-state index contributed by atoms with van der Waals surface area (Å²) in [5.41, 5.74) is 0. The summed E-state index contributed by atoms with van der Waals surface area (Å²) in [6.07, 6.45) is 3.25. The number of halogens is 1. The van der Waals surface area contributed by atoms with Gasteiger partial charge in [-0.15, -0.1) is 0 Å². The molecule has 1 aliphatic heterocycles. The van der Waals surface area contributed by atoms with Crippen LogP contribution in [-0.2, 0) is 4.79 Å². The zero-order chi connectivity index (χ0) is 7.78. The second-order valence-corrected chi connectivity index (χ2v) is 3.50. The van der Waals surface area contributed by atoms with Crippen molar-refractivity contribution in [3.8, 4) is 0 Å². The fourth-order valence-corrected chi connectivity index (χ4v) is 1.16. The highest BCUT2D eigenvalue weighted by Crippen LogP contribution is 2.28. The molecule has 0 aliphatic carbocycles. The third-order valence-electron chi connectivity index (χ3n) is 1.60. The number of carbonyl (C=O) groups excluding carboxylic acids is 1. The fourth-order valence-electron chi connectivity index (χ4n) is 0.793. The number of likely N-dealkylation sites (N-methyl/N-ethyl adjacent to an activating group) is 1. The van der Waals surface area contributed by atoms with Gasteiger partial charge in [0.2, 0.25) is 0 Å². The predicted octanol–water partition coefficient (Wildman–Crippen LogP) is 0.0965. The Morgan fingerprint density at radius 3 is 2.70 bits per heavy atom. The Kier molecular flexibility index (Phi) is 1.94. The quantitative estimate of drug-likeness (QED) is 0.286. The molecule has 1 rings (SSSR count). The second kappa shape index (κ2) is 2.45. The molecule has 0 aromatic heterocycles. The summed E-state index contributed by atoms with van der Waals surface area (Å²) < 4.78 is -0.799. The number of hydrogen-bond acceptors (Lipinski definition) is 3. The number of rotatable bonds is 1. The van der Waals surface area contributed by atoms with E-state index in [0.29, 0.717) is 0 Å². The molecule has 10 heavy (non-hydrogen) atoms. The maximum atomic E-state index is 10.4. The minimum Gasteiger partial charge on any atom is -0.375 e. The summed E-state index contributed by atoms with van der Waals surface area (Å²) in [5.74, 6) is 0. The lowest BCUT2D eigenvalue weighted by atomic mass is 10.3. The van der Waals surface area contributed by atoms with Crippen LogP contribution in [0.4, 0.5) is 0 Å². The van der Waals surface area contributed by atoms with Gasteiger partial charge in [-0.3, -0.25) is 9.69 Å². The molecule has 0 aromatic rings. The van der Waals surface area contributed by atoms with Crippen molar-refractivity contribution in [2.45, 2.75) is 10.7 Å². The van der Waals surface area contributed by atoms with Gasteiger partial charge >= 0.3 is 0 Å². The number of hydrogen-bond donors (Lipinski definition) is 1. The van der Waals surface area contributed by atoms with E-state index >= 15 is 0 Å². The number of aliphatic hydroxyl groups is 1. The lowest BCUT2D eigenvalue weighted by molar-refractivity contribution is -0.113. The van der Waals surface area contributed by atoms with Gasteiger partial charge in [0, 0.05) is 0 Å². The first kappa shape index (κ1) is 7.91. The monoisotopic (exact) mass is 205 g/mol. The fraction of sp³-hybridized carbons (Fsp3) is 0.500. The summed E-state index contributed by atoms with van der Waals surface area (Å²) in [7, 11) is 1.66. The van der Waals surface area contributed by atoms with E-state index < -0.39 is 10.7 Å². The van der Waals surface area contributed by atoms with Gasteiger partial charge < -0.3 is 5.11 Å². The molecule has 56 valence electrons. The standard InChI is InChI=1S/C6H8BrNO2/c1-8-5(10)2-3-6(8,7)4-9/h2-5,10H,1H3. The van der Waals surface area contributed by atoms with E-state index in [9.17, 15) is 4.79 Å². The van der Waals surface area contributed by atoms with E-state index in [0.717, 1.165) is 6.29 Å². The average molecular weight is 206 g/mol. The van der Waals surface area contributed by atoms with Gasteiger partial charge in [-0.2, -0.15) is 0 Å². The van der Waals surface area contributed by atoms with Crippen LogP contribution >= 0.6 is 15.9 Å². The maximum Gasteiger partial charge on any atom is 0.155 e. The lowest BCUT2D eigenvalue weighted by Crippen LogP contribution is -2.41. The maximum absolute atomic E-state index is 10.4. The minimum absolute atomic E-state index is 0.662. The van der Waals surface area contributed by atoms with Crippen LogP contribution in [0.1, 0.15) is 0 Å². The smallest absolute Gasteiger partial charge is 0.155 e. The van der Waals surface area contributed by atoms with Crippen molar-refractivity contribution in [1.82, 2.24) is 4.90 Å². The van der Waals surface area contributed by atoms with Crippen molar-refractivity contribution in [2.75, 3.05) is 7.05 Å². The zero-order valence-corrected chi connectivity index (χ0v) is 7.08. The molecule has 1 heterocycles. The minimum atomic E-state index is -0.799. The molecule has 0 spiro atoms. The molecule has 0 fully saturated rings. The first-order valence-corrected chi connectivity index (χ1v) is 3.65. The Balaban J connectivity index is 2.83. The van der Waals surface area contributed by atoms with Crippen molar-refractivity contribution < 1.29 is 9.90 Å². The summed E-state index contributed by atoms with van der Waals surface area (Å²) in [6.45, 7) is 0. The molecule has 0 bridgehead atoms. The third-order valence-corrected chi connectivity index (χ3v) is 2.62. The average Bonchev–Trinajstić information content (AvgIpc) is 2.19. The van der Waals surface area contributed by atoms with Crippen molar-refractivity contribution >= 4 is 22.2 Å². The first-order valence-electron chi connectivity index (χ1n) is 2.86. The Labute approximate surface area is 67.5 Å². The van der Waals surface area contributed by atoms with Crippen LogP contribution in [0, 0.1) is 0 Å². The molecule has 0 radical (unpaired) electrons. The molecule has 1 N–H and O–H groups in total. The van der Waals surface area contributed by atoms with Gasteiger partial charge in [0.1, 0.15) is 6.23 Å². The van der Waals surface area contributed by atoms with E-state index in [-0.39, 0.29) is 0 Å². The summed E-state index contributed by atoms with van der Waals surface area (Å²) in [6, 6.07) is 0. The van der Waals surface area contributed by atoms with Crippen molar-refractivity contribution in [3.63, 3.8) is 0 Å². The van der Waals surface area contributed by atoms with Crippen LogP contribution in [0.15, 0.2) is 12.2 Å². The summed E-state index contributed by atoms with van der Waals surface area (Å²) in [5, 5.41) is 9.11. The zero-order valence-electron chi connectivity index (χ0n) is 5.49. The predicted molar refractivity (Wildman–Crippen MR) is 40.6 cm³/mol. The summed E-state index contributed by atoms with van der Waals surface area (Å²) in [4.78, 5) is 11.9. The third kappa shape index (κ3) is 1.02. The number of aldehydes is 1. The van der Waals surface area contributed by atoms with Crippen LogP contribution in [0.5, 0.6) is 0 Å². The van der Waals surface area contributed by atoms with E-state index in [1.807, 2.05) is 0 Å². The SMILES string of the molecule is CN1C(O)C=CC1(Br)C=O. The molecular formula is C6H8BrNO2. The molecule has 0 aromatic carbocycles. The van der Waals surface area contributed by atoms with Crippen LogP contribution < -0.4 is 0 Å². The molecule has 0 saturated carbocycles. The Hall–Kier alpha value is -0.190. The Morgan fingerprint density at radius 2 is 2.50 bits per heavy atom. The van der Waals surface area contributed by atoms with Gasteiger partial charge in [0.15, 0.2) is 10.7 Å². The van der Waals surface area contributed by atoms with Crippen LogP contribution in [-0.4, -0.2) is 34.0 Å². The van der Waals surface area contributed by atoms with Gasteiger partial charge in [-0.05, 0) is 19.2 Å². The highest BCUT2D eigenvalue weighted by Gasteiger charge is 2.36. The molecule has 1 aliphatic rings. The normalized spacial score (nSPS) is 40.5. The number of aliphatic hydroxyl groups excluding tert-OH is 1. The highest BCUT2D eigenvalue weighted by molar-refractivity contribution is 9.10. The van der Waals surface area contributed by atoms with E-state index in [1.54, 1.807) is 19.2 Å².